The summed E-state index contributed by atoms with van der Waals surface area (Å²) >= 11 is 0. The van der Waals surface area contributed by atoms with Gasteiger partial charge in [0, 0.05) is 11.7 Å². The van der Waals surface area contributed by atoms with Crippen LogP contribution in [-0.4, -0.2) is 18.6 Å². The Balaban J connectivity index is 1.62. The lowest BCUT2D eigenvalue weighted by atomic mass is 10.0. The summed E-state index contributed by atoms with van der Waals surface area (Å²) in [4.78, 5) is 12.4. The molecule has 5 nitrogen and oxygen atoms in total. The van der Waals surface area contributed by atoms with Gasteiger partial charge in [0.2, 0.25) is 5.91 Å². The molecule has 6 heteroatoms. The van der Waals surface area contributed by atoms with Gasteiger partial charge in [-0.3, -0.25) is 4.79 Å². The van der Waals surface area contributed by atoms with Crippen molar-refractivity contribution in [2.75, 3.05) is 11.9 Å². The third-order valence-electron chi connectivity index (χ3n) is 4.27. The molecule has 132 valence electrons. The number of carbonyl (C=O) groups excluding carboxylic acids is 1. The Morgan fingerprint density at radius 3 is 2.72 bits per heavy atom. The van der Waals surface area contributed by atoms with Gasteiger partial charge in [-0.2, -0.15) is 0 Å². The molecule has 0 spiro atoms. The van der Waals surface area contributed by atoms with Crippen LogP contribution in [0.15, 0.2) is 42.5 Å². The molecule has 3 rings (SSSR count). The Morgan fingerprint density at radius 2 is 2.00 bits per heavy atom. The van der Waals surface area contributed by atoms with Crippen LogP contribution in [0.3, 0.4) is 0 Å². The largest absolute Gasteiger partial charge is 0.494 e. The zero-order chi connectivity index (χ0) is 17.8. The molecule has 1 aliphatic rings. The molecule has 3 N–H and O–H groups in total. The molecule has 1 fully saturated rings. The molecule has 1 saturated heterocycles. The number of carbonyl (C=O) groups is 1. The average molecular weight is 343 g/mol. The number of nitrogens with one attached hydrogen (secondary N) is 3. The van der Waals surface area contributed by atoms with E-state index in [-0.39, 0.29) is 23.8 Å². The Hall–Kier alpha value is -2.44. The van der Waals surface area contributed by atoms with E-state index in [9.17, 15) is 9.18 Å². The third-order valence-corrected chi connectivity index (χ3v) is 4.27. The van der Waals surface area contributed by atoms with Crippen molar-refractivity contribution in [3.8, 4) is 5.75 Å². The minimum atomic E-state index is -0.390. The van der Waals surface area contributed by atoms with E-state index in [1.54, 1.807) is 6.07 Å². The fourth-order valence-electron chi connectivity index (χ4n) is 2.86. The lowest BCUT2D eigenvalue weighted by molar-refractivity contribution is -0.117. The van der Waals surface area contributed by atoms with Gasteiger partial charge in [-0.15, -0.1) is 0 Å². The summed E-state index contributed by atoms with van der Waals surface area (Å²) < 4.78 is 18.8. The Labute approximate surface area is 146 Å². The van der Waals surface area contributed by atoms with Crippen LogP contribution in [-0.2, 0) is 4.79 Å². The molecular weight excluding hydrogens is 321 g/mol. The summed E-state index contributed by atoms with van der Waals surface area (Å²) in [6, 6.07) is 11.8. The molecule has 0 radical (unpaired) electrons. The second-order valence-corrected chi connectivity index (χ2v) is 6.08. The Kier molecular flexibility index (Phi) is 5.31. The first kappa shape index (κ1) is 17.4. The van der Waals surface area contributed by atoms with Crippen molar-refractivity contribution in [2.24, 2.45) is 0 Å². The lowest BCUT2D eigenvalue weighted by Crippen LogP contribution is -2.39. The molecular formula is C19H22FN3O2. The summed E-state index contributed by atoms with van der Waals surface area (Å²) in [5.41, 5.74) is 8.55. The first-order valence-corrected chi connectivity index (χ1v) is 8.37. The smallest absolute Gasteiger partial charge is 0.242 e. The van der Waals surface area contributed by atoms with Crippen LogP contribution in [0.4, 0.5) is 10.1 Å². The van der Waals surface area contributed by atoms with Crippen molar-refractivity contribution in [2.45, 2.75) is 32.4 Å². The number of rotatable bonds is 5. The monoisotopic (exact) mass is 343 g/mol. The van der Waals surface area contributed by atoms with E-state index in [4.69, 9.17) is 4.74 Å². The molecule has 0 bridgehead atoms. The summed E-state index contributed by atoms with van der Waals surface area (Å²) in [7, 11) is 0. The van der Waals surface area contributed by atoms with Crippen LogP contribution < -0.4 is 20.9 Å². The maximum absolute atomic E-state index is 13.4. The standard InChI is InChI=1S/C19H22FN3O2/c1-3-25-15-8-5-13(6-9-15)17-11-18(23-22-17)19(24)21-16-10-14(20)7-4-12(16)2/h4-10,17-18,22-23H,3,11H2,1-2H3,(H,21,24). The molecule has 25 heavy (non-hydrogen) atoms. The molecule has 1 aliphatic heterocycles. The first-order valence-electron chi connectivity index (χ1n) is 8.37. The normalized spacial score (nSPS) is 19.6. The van der Waals surface area contributed by atoms with Gasteiger partial charge in [0.05, 0.1) is 6.61 Å². The topological polar surface area (TPSA) is 62.4 Å². The quantitative estimate of drug-likeness (QED) is 0.781. The van der Waals surface area contributed by atoms with Crippen LogP contribution in [0.2, 0.25) is 0 Å². The predicted molar refractivity (Wildman–Crippen MR) is 94.8 cm³/mol. The second-order valence-electron chi connectivity index (χ2n) is 6.08. The van der Waals surface area contributed by atoms with E-state index in [2.05, 4.69) is 16.2 Å². The fraction of sp³-hybridized carbons (Fsp3) is 0.316. The van der Waals surface area contributed by atoms with Crippen LogP contribution in [0.1, 0.15) is 30.5 Å². The summed E-state index contributed by atoms with van der Waals surface area (Å²) in [5.74, 6) is 0.272. The molecule has 0 aromatic heterocycles. The lowest BCUT2D eigenvalue weighted by Gasteiger charge is -2.13. The second kappa shape index (κ2) is 7.63. The zero-order valence-electron chi connectivity index (χ0n) is 14.3. The van der Waals surface area contributed by atoms with Crippen molar-refractivity contribution < 1.29 is 13.9 Å². The number of amides is 1. The highest BCUT2D eigenvalue weighted by Gasteiger charge is 2.30. The number of ether oxygens (including phenoxy) is 1. The van der Waals surface area contributed by atoms with Crippen molar-refractivity contribution in [1.82, 2.24) is 10.9 Å². The number of anilines is 1. The molecule has 2 aromatic carbocycles. The molecule has 1 amide bonds. The molecule has 0 saturated carbocycles. The van der Waals surface area contributed by atoms with Crippen LogP contribution in [0, 0.1) is 12.7 Å². The maximum atomic E-state index is 13.4. The highest BCUT2D eigenvalue weighted by molar-refractivity contribution is 5.95. The number of benzene rings is 2. The number of halogens is 1. The maximum Gasteiger partial charge on any atom is 0.242 e. The van der Waals surface area contributed by atoms with Gasteiger partial charge in [-0.05, 0) is 55.7 Å². The highest BCUT2D eigenvalue weighted by Crippen LogP contribution is 2.25. The fourth-order valence-corrected chi connectivity index (χ4v) is 2.86. The first-order chi connectivity index (χ1) is 12.1. The van der Waals surface area contributed by atoms with Gasteiger partial charge in [0.1, 0.15) is 17.6 Å². The predicted octanol–water partition coefficient (Wildman–Crippen LogP) is 3.08. The van der Waals surface area contributed by atoms with Crippen molar-refractivity contribution in [1.29, 1.82) is 0 Å². The van der Waals surface area contributed by atoms with Gasteiger partial charge in [0.15, 0.2) is 0 Å². The summed E-state index contributed by atoms with van der Waals surface area (Å²) in [5, 5.41) is 2.79. The van der Waals surface area contributed by atoms with E-state index < -0.39 is 0 Å². The number of hydrogen-bond donors (Lipinski definition) is 3. The highest BCUT2D eigenvalue weighted by atomic mass is 19.1. The molecule has 2 aromatic rings. The van der Waals surface area contributed by atoms with Crippen LogP contribution in [0.25, 0.3) is 0 Å². The van der Waals surface area contributed by atoms with Gasteiger partial charge in [-0.25, -0.2) is 15.2 Å². The van der Waals surface area contributed by atoms with E-state index in [0.717, 1.165) is 16.9 Å². The van der Waals surface area contributed by atoms with Crippen molar-refractivity contribution in [3.63, 3.8) is 0 Å². The van der Waals surface area contributed by atoms with Gasteiger partial charge in [0.25, 0.3) is 0 Å². The summed E-state index contributed by atoms with van der Waals surface area (Å²) in [6.45, 7) is 4.41. The van der Waals surface area contributed by atoms with Crippen LogP contribution in [0.5, 0.6) is 5.75 Å². The minimum Gasteiger partial charge on any atom is -0.494 e. The van der Waals surface area contributed by atoms with Gasteiger partial charge >= 0.3 is 0 Å². The Bertz CT molecular complexity index is 749. The number of hydrogen-bond acceptors (Lipinski definition) is 4. The van der Waals surface area contributed by atoms with Gasteiger partial charge < -0.3 is 10.1 Å². The average Bonchev–Trinajstić information content (AvgIpc) is 3.09. The van der Waals surface area contributed by atoms with E-state index in [1.165, 1.54) is 12.1 Å². The molecule has 1 heterocycles. The minimum absolute atomic E-state index is 0.0278. The van der Waals surface area contributed by atoms with E-state index >= 15 is 0 Å². The number of aryl methyl sites for hydroxylation is 1. The zero-order valence-corrected chi connectivity index (χ0v) is 14.3. The van der Waals surface area contributed by atoms with Crippen LogP contribution >= 0.6 is 0 Å². The Morgan fingerprint density at radius 1 is 1.24 bits per heavy atom. The van der Waals surface area contributed by atoms with Crippen molar-refractivity contribution in [3.05, 3.63) is 59.4 Å². The van der Waals surface area contributed by atoms with Crippen molar-refractivity contribution >= 4 is 11.6 Å². The van der Waals surface area contributed by atoms with E-state index in [0.29, 0.717) is 18.7 Å². The van der Waals surface area contributed by atoms with E-state index in [1.807, 2.05) is 38.1 Å². The third kappa shape index (κ3) is 4.15. The molecule has 2 atom stereocenters. The SMILES string of the molecule is CCOc1ccc(C2CC(C(=O)Nc3cc(F)ccc3C)NN2)cc1. The molecule has 2 unspecified atom stereocenters. The summed E-state index contributed by atoms with van der Waals surface area (Å²) in [6.07, 6.45) is 0.605. The number of hydrazine groups is 1. The molecule has 0 aliphatic carbocycles. The van der Waals surface area contributed by atoms with Gasteiger partial charge in [-0.1, -0.05) is 18.2 Å².